The molecule has 6 nitrogen and oxygen atoms in total. The predicted molar refractivity (Wildman–Crippen MR) is 101 cm³/mol. The van der Waals surface area contributed by atoms with Crippen molar-refractivity contribution in [2.45, 2.75) is 18.8 Å². The number of rotatable bonds is 7. The van der Waals surface area contributed by atoms with Crippen LogP contribution in [0.3, 0.4) is 0 Å². The lowest BCUT2D eigenvalue weighted by molar-refractivity contribution is -0.116. The summed E-state index contributed by atoms with van der Waals surface area (Å²) in [6.07, 6.45) is 4.86. The third-order valence-corrected chi connectivity index (χ3v) is 4.75. The highest BCUT2D eigenvalue weighted by Gasteiger charge is 2.27. The maximum absolute atomic E-state index is 12.1. The summed E-state index contributed by atoms with van der Waals surface area (Å²) in [5.74, 6) is 1.98. The molecule has 0 saturated carbocycles. The molecule has 2 aromatic rings. The smallest absolute Gasteiger partial charge is 0.225 e. The van der Waals surface area contributed by atoms with Gasteiger partial charge in [0.05, 0.1) is 26.1 Å². The van der Waals surface area contributed by atoms with E-state index in [0.717, 1.165) is 43.2 Å². The highest BCUT2D eigenvalue weighted by molar-refractivity contribution is 5.90. The molecule has 0 spiro atoms. The first-order valence-corrected chi connectivity index (χ1v) is 8.84. The van der Waals surface area contributed by atoms with Gasteiger partial charge in [-0.25, -0.2) is 0 Å². The number of hydrogen-bond acceptors (Lipinski definition) is 5. The average Bonchev–Trinajstić information content (AvgIpc) is 3.15. The molecule has 1 saturated heterocycles. The van der Waals surface area contributed by atoms with Crippen molar-refractivity contribution in [3.05, 3.63) is 48.3 Å². The van der Waals surface area contributed by atoms with Crippen LogP contribution < -0.4 is 14.8 Å². The SMILES string of the molecule is COc1cccc([C@@H]2CCN(CCC(=O)Nc3cccnc3)C2)c1OC. The van der Waals surface area contributed by atoms with E-state index < -0.39 is 0 Å². The van der Waals surface area contributed by atoms with Gasteiger partial charge in [-0.15, -0.1) is 0 Å². The Labute approximate surface area is 154 Å². The molecule has 0 radical (unpaired) electrons. The van der Waals surface area contributed by atoms with Gasteiger partial charge in [-0.2, -0.15) is 0 Å². The van der Waals surface area contributed by atoms with Gasteiger partial charge in [0.2, 0.25) is 5.91 Å². The summed E-state index contributed by atoms with van der Waals surface area (Å²) < 4.78 is 11.0. The van der Waals surface area contributed by atoms with Gasteiger partial charge in [0, 0.05) is 37.2 Å². The molecule has 6 heteroatoms. The van der Waals surface area contributed by atoms with E-state index in [9.17, 15) is 4.79 Å². The van der Waals surface area contributed by atoms with E-state index in [0.29, 0.717) is 12.3 Å². The fourth-order valence-electron chi connectivity index (χ4n) is 3.44. The number of amides is 1. The number of nitrogens with one attached hydrogen (secondary N) is 1. The van der Waals surface area contributed by atoms with E-state index in [1.807, 2.05) is 24.3 Å². The van der Waals surface area contributed by atoms with Crippen molar-refractivity contribution in [3.63, 3.8) is 0 Å². The lowest BCUT2D eigenvalue weighted by atomic mass is 9.97. The number of benzene rings is 1. The summed E-state index contributed by atoms with van der Waals surface area (Å²) in [4.78, 5) is 18.4. The van der Waals surface area contributed by atoms with Crippen molar-refractivity contribution >= 4 is 11.6 Å². The Morgan fingerprint density at radius 1 is 1.27 bits per heavy atom. The molecule has 1 amide bonds. The Balaban J connectivity index is 1.54. The van der Waals surface area contributed by atoms with E-state index >= 15 is 0 Å². The topological polar surface area (TPSA) is 63.7 Å². The predicted octanol–water partition coefficient (Wildman–Crippen LogP) is 2.92. The van der Waals surface area contributed by atoms with Crippen molar-refractivity contribution < 1.29 is 14.3 Å². The maximum Gasteiger partial charge on any atom is 0.225 e. The summed E-state index contributed by atoms with van der Waals surface area (Å²) >= 11 is 0. The largest absolute Gasteiger partial charge is 0.493 e. The average molecular weight is 355 g/mol. The summed E-state index contributed by atoms with van der Waals surface area (Å²) in [7, 11) is 3.33. The van der Waals surface area contributed by atoms with Crippen molar-refractivity contribution in [2.75, 3.05) is 39.2 Å². The molecule has 138 valence electrons. The number of methoxy groups -OCH3 is 2. The van der Waals surface area contributed by atoms with Crippen LogP contribution in [-0.2, 0) is 4.79 Å². The van der Waals surface area contributed by atoms with E-state index in [1.54, 1.807) is 26.6 Å². The zero-order chi connectivity index (χ0) is 18.4. The van der Waals surface area contributed by atoms with Crippen LogP contribution in [-0.4, -0.2) is 49.6 Å². The molecular weight excluding hydrogens is 330 g/mol. The fourth-order valence-corrected chi connectivity index (χ4v) is 3.44. The van der Waals surface area contributed by atoms with Gasteiger partial charge in [0.1, 0.15) is 0 Å². The van der Waals surface area contributed by atoms with Gasteiger partial charge < -0.3 is 19.7 Å². The van der Waals surface area contributed by atoms with Gasteiger partial charge in [-0.05, 0) is 31.2 Å². The minimum absolute atomic E-state index is 0.0143. The molecule has 3 rings (SSSR count). The second-order valence-electron chi connectivity index (χ2n) is 6.41. The van der Waals surface area contributed by atoms with Gasteiger partial charge >= 0.3 is 0 Å². The van der Waals surface area contributed by atoms with Crippen LogP contribution in [0, 0.1) is 0 Å². The number of pyridine rings is 1. The minimum Gasteiger partial charge on any atom is -0.493 e. The van der Waals surface area contributed by atoms with Crippen LogP contribution in [0.15, 0.2) is 42.7 Å². The van der Waals surface area contributed by atoms with Gasteiger partial charge in [0.25, 0.3) is 0 Å². The van der Waals surface area contributed by atoms with E-state index in [1.165, 1.54) is 5.56 Å². The van der Waals surface area contributed by atoms with E-state index in [4.69, 9.17) is 9.47 Å². The van der Waals surface area contributed by atoms with Crippen LogP contribution in [0.2, 0.25) is 0 Å². The first-order chi connectivity index (χ1) is 12.7. The Hall–Kier alpha value is -2.60. The number of aromatic nitrogens is 1. The summed E-state index contributed by atoms with van der Waals surface area (Å²) in [6.45, 7) is 2.64. The summed E-state index contributed by atoms with van der Waals surface area (Å²) in [5.41, 5.74) is 1.91. The molecule has 1 atom stereocenters. The summed E-state index contributed by atoms with van der Waals surface area (Å²) in [5, 5.41) is 2.88. The highest BCUT2D eigenvalue weighted by Crippen LogP contribution is 2.39. The number of para-hydroxylation sites is 1. The Morgan fingerprint density at radius 3 is 2.88 bits per heavy atom. The van der Waals surface area contributed by atoms with Crippen LogP contribution in [0.25, 0.3) is 0 Å². The Bertz CT molecular complexity index is 736. The normalized spacial score (nSPS) is 17.1. The fraction of sp³-hybridized carbons (Fsp3) is 0.400. The third-order valence-electron chi connectivity index (χ3n) is 4.75. The Morgan fingerprint density at radius 2 is 2.15 bits per heavy atom. The molecule has 0 bridgehead atoms. The first kappa shape index (κ1) is 18.2. The monoisotopic (exact) mass is 355 g/mol. The molecule has 0 aliphatic carbocycles. The number of nitrogens with zero attached hydrogens (tertiary/aromatic N) is 2. The lowest BCUT2D eigenvalue weighted by Gasteiger charge is -2.18. The van der Waals surface area contributed by atoms with E-state index in [2.05, 4.69) is 21.3 Å². The van der Waals surface area contributed by atoms with Crippen LogP contribution in [0.5, 0.6) is 11.5 Å². The number of hydrogen-bond donors (Lipinski definition) is 1. The minimum atomic E-state index is 0.0143. The van der Waals surface area contributed by atoms with Gasteiger partial charge in [-0.3, -0.25) is 9.78 Å². The number of anilines is 1. The zero-order valence-electron chi connectivity index (χ0n) is 15.3. The van der Waals surface area contributed by atoms with Crippen LogP contribution in [0.1, 0.15) is 24.3 Å². The van der Waals surface area contributed by atoms with Crippen molar-refractivity contribution in [2.24, 2.45) is 0 Å². The molecule has 1 N–H and O–H groups in total. The second kappa shape index (κ2) is 8.67. The molecule has 2 heterocycles. The van der Waals surface area contributed by atoms with E-state index in [-0.39, 0.29) is 5.91 Å². The van der Waals surface area contributed by atoms with Crippen molar-refractivity contribution in [3.8, 4) is 11.5 Å². The molecule has 1 aliphatic rings. The summed E-state index contributed by atoms with van der Waals surface area (Å²) in [6, 6.07) is 9.66. The number of ether oxygens (including phenoxy) is 2. The highest BCUT2D eigenvalue weighted by atomic mass is 16.5. The number of likely N-dealkylation sites (tertiary alicyclic amines) is 1. The number of carbonyl (C=O) groups is 1. The maximum atomic E-state index is 12.1. The van der Waals surface area contributed by atoms with Crippen LogP contribution >= 0.6 is 0 Å². The second-order valence-corrected chi connectivity index (χ2v) is 6.41. The van der Waals surface area contributed by atoms with Crippen LogP contribution in [0.4, 0.5) is 5.69 Å². The van der Waals surface area contributed by atoms with Crippen molar-refractivity contribution in [1.82, 2.24) is 9.88 Å². The molecule has 0 unspecified atom stereocenters. The quantitative estimate of drug-likeness (QED) is 0.827. The molecular formula is C20H25N3O3. The third kappa shape index (κ3) is 4.32. The zero-order valence-corrected chi connectivity index (χ0v) is 15.3. The first-order valence-electron chi connectivity index (χ1n) is 8.84. The number of carbonyl (C=O) groups excluding carboxylic acids is 1. The standard InChI is InChI=1S/C20H25N3O3/c1-25-18-7-3-6-17(20(18)26-2)15-8-11-23(14-15)12-9-19(24)22-16-5-4-10-21-13-16/h3-7,10,13,15H,8-9,11-12,14H2,1-2H3,(H,22,24)/t15-/m1/s1. The van der Waals surface area contributed by atoms with Gasteiger partial charge in [0.15, 0.2) is 11.5 Å². The van der Waals surface area contributed by atoms with Crippen molar-refractivity contribution in [1.29, 1.82) is 0 Å². The molecule has 1 aromatic heterocycles. The van der Waals surface area contributed by atoms with Gasteiger partial charge in [-0.1, -0.05) is 12.1 Å². The molecule has 1 fully saturated rings. The molecule has 26 heavy (non-hydrogen) atoms. The lowest BCUT2D eigenvalue weighted by Crippen LogP contribution is -2.25. The Kier molecular flexibility index (Phi) is 6.07. The molecule has 1 aliphatic heterocycles. The molecule has 1 aromatic carbocycles.